The molecule has 1 aromatic heterocycles. The molecule has 2 aromatic rings. The van der Waals surface area contributed by atoms with Gasteiger partial charge in [-0.2, -0.15) is 11.3 Å². The molecule has 0 bridgehead atoms. The second-order valence-corrected chi connectivity index (χ2v) is 5.24. The summed E-state index contributed by atoms with van der Waals surface area (Å²) in [7, 11) is 0. The first kappa shape index (κ1) is 12.1. The predicted molar refractivity (Wildman–Crippen MR) is 74.0 cm³/mol. The molecule has 0 spiro atoms. The molecule has 3 N–H and O–H groups in total. The van der Waals surface area contributed by atoms with Crippen LogP contribution >= 0.6 is 27.3 Å². The number of nitrogens with two attached hydrogens (primary N) is 1. The van der Waals surface area contributed by atoms with E-state index in [1.807, 2.05) is 41.1 Å². The molecule has 5 heteroatoms. The molecule has 0 saturated heterocycles. The van der Waals surface area contributed by atoms with Gasteiger partial charge in [-0.15, -0.1) is 0 Å². The van der Waals surface area contributed by atoms with Crippen molar-refractivity contribution >= 4 is 38.9 Å². The number of carbonyl (C=O) groups excluding carboxylic acids is 1. The van der Waals surface area contributed by atoms with Crippen LogP contribution in [0.2, 0.25) is 0 Å². The van der Waals surface area contributed by atoms with Crippen molar-refractivity contribution in [3.8, 4) is 0 Å². The van der Waals surface area contributed by atoms with Gasteiger partial charge in [0, 0.05) is 10.2 Å². The zero-order valence-electron chi connectivity index (χ0n) is 8.89. The van der Waals surface area contributed by atoms with Gasteiger partial charge in [-0.1, -0.05) is 22.0 Å². The van der Waals surface area contributed by atoms with E-state index in [9.17, 15) is 4.79 Å². The monoisotopic (exact) mass is 310 g/mol. The molecule has 1 atom stereocenters. The Labute approximate surface area is 112 Å². The maximum absolute atomic E-state index is 11.4. The molecule has 2 rings (SSSR count). The summed E-state index contributed by atoms with van der Waals surface area (Å²) in [6, 6.07) is 9.03. The highest BCUT2D eigenvalue weighted by atomic mass is 79.9. The Morgan fingerprint density at radius 2 is 2.24 bits per heavy atom. The molecule has 0 aliphatic carbocycles. The fraction of sp³-hybridized carbons (Fsp3) is 0.0833. The van der Waals surface area contributed by atoms with Crippen LogP contribution in [0.4, 0.5) is 5.69 Å². The lowest BCUT2D eigenvalue weighted by molar-refractivity contribution is -0.118. The molecule has 1 aromatic carbocycles. The summed E-state index contributed by atoms with van der Waals surface area (Å²) < 4.78 is 0.955. The topological polar surface area (TPSA) is 55.1 Å². The minimum atomic E-state index is -0.490. The number of hydrogen-bond donors (Lipinski definition) is 2. The van der Waals surface area contributed by atoms with Crippen LogP contribution in [0, 0.1) is 0 Å². The number of nitrogens with one attached hydrogen (secondary N) is 1. The molecule has 0 aliphatic rings. The van der Waals surface area contributed by atoms with Crippen molar-refractivity contribution < 1.29 is 4.79 Å². The van der Waals surface area contributed by atoms with Crippen LogP contribution < -0.4 is 11.1 Å². The van der Waals surface area contributed by atoms with Gasteiger partial charge in [-0.05, 0) is 40.6 Å². The van der Waals surface area contributed by atoms with Crippen molar-refractivity contribution in [1.82, 2.24) is 0 Å². The normalized spacial score (nSPS) is 12.1. The lowest BCUT2D eigenvalue weighted by atomic mass is 10.1. The van der Waals surface area contributed by atoms with E-state index in [2.05, 4.69) is 21.2 Å². The number of primary amides is 1. The molecular weight excluding hydrogens is 300 g/mol. The molecule has 0 fully saturated rings. The van der Waals surface area contributed by atoms with Gasteiger partial charge in [0.2, 0.25) is 5.91 Å². The molecule has 0 saturated carbocycles. The quantitative estimate of drug-likeness (QED) is 0.911. The lowest BCUT2D eigenvalue weighted by Gasteiger charge is -2.15. The fourth-order valence-electron chi connectivity index (χ4n) is 1.50. The Morgan fingerprint density at radius 1 is 1.41 bits per heavy atom. The summed E-state index contributed by atoms with van der Waals surface area (Å²) in [5.41, 5.74) is 7.15. The van der Waals surface area contributed by atoms with Crippen LogP contribution in [-0.4, -0.2) is 5.91 Å². The van der Waals surface area contributed by atoms with Crippen molar-refractivity contribution in [3.05, 3.63) is 51.1 Å². The largest absolute Gasteiger partial charge is 0.370 e. The second kappa shape index (κ2) is 5.33. The molecule has 17 heavy (non-hydrogen) atoms. The van der Waals surface area contributed by atoms with Crippen LogP contribution in [-0.2, 0) is 4.79 Å². The average molecular weight is 311 g/mol. The van der Waals surface area contributed by atoms with E-state index < -0.39 is 6.04 Å². The van der Waals surface area contributed by atoms with Gasteiger partial charge in [-0.3, -0.25) is 4.79 Å². The third-order valence-corrected chi connectivity index (χ3v) is 3.49. The number of carbonyl (C=O) groups is 1. The molecule has 1 unspecified atom stereocenters. The second-order valence-electron chi connectivity index (χ2n) is 3.55. The van der Waals surface area contributed by atoms with E-state index in [4.69, 9.17) is 5.73 Å². The van der Waals surface area contributed by atoms with Gasteiger partial charge in [-0.25, -0.2) is 0 Å². The van der Waals surface area contributed by atoms with E-state index >= 15 is 0 Å². The smallest absolute Gasteiger partial charge is 0.244 e. The van der Waals surface area contributed by atoms with Gasteiger partial charge in [0.1, 0.15) is 6.04 Å². The zero-order valence-corrected chi connectivity index (χ0v) is 11.3. The summed E-state index contributed by atoms with van der Waals surface area (Å²) in [5.74, 6) is -0.386. The first-order valence-electron chi connectivity index (χ1n) is 5.00. The predicted octanol–water partition coefficient (Wildman–Crippen LogP) is 3.15. The lowest BCUT2D eigenvalue weighted by Crippen LogP contribution is -2.27. The number of thiophene rings is 1. The van der Waals surface area contributed by atoms with Crippen LogP contribution in [0.3, 0.4) is 0 Å². The molecule has 0 aliphatic heterocycles. The van der Waals surface area contributed by atoms with E-state index in [1.54, 1.807) is 11.3 Å². The van der Waals surface area contributed by atoms with Crippen LogP contribution in [0.25, 0.3) is 0 Å². The van der Waals surface area contributed by atoms with Crippen molar-refractivity contribution in [1.29, 1.82) is 0 Å². The molecule has 1 heterocycles. The van der Waals surface area contributed by atoms with E-state index in [0.29, 0.717) is 0 Å². The Morgan fingerprint density at radius 3 is 2.82 bits per heavy atom. The summed E-state index contributed by atoms with van der Waals surface area (Å²) in [5, 5.41) is 6.97. The maximum atomic E-state index is 11.4. The molecule has 88 valence electrons. The molecular formula is C12H11BrN2OS. The van der Waals surface area contributed by atoms with Crippen LogP contribution in [0.15, 0.2) is 45.6 Å². The minimum Gasteiger partial charge on any atom is -0.370 e. The summed E-state index contributed by atoms with van der Waals surface area (Å²) in [6.45, 7) is 0. The number of rotatable bonds is 4. The van der Waals surface area contributed by atoms with Gasteiger partial charge < -0.3 is 11.1 Å². The number of anilines is 1. The van der Waals surface area contributed by atoms with Gasteiger partial charge >= 0.3 is 0 Å². The summed E-state index contributed by atoms with van der Waals surface area (Å²) in [4.78, 5) is 11.4. The molecule has 1 amide bonds. The maximum Gasteiger partial charge on any atom is 0.244 e. The molecule has 3 nitrogen and oxygen atoms in total. The SMILES string of the molecule is NC(=O)C(Nc1cccc(Br)c1)c1ccsc1. The Kier molecular flexibility index (Phi) is 3.81. The van der Waals surface area contributed by atoms with Crippen LogP contribution in [0.5, 0.6) is 0 Å². The van der Waals surface area contributed by atoms with Gasteiger partial charge in [0.05, 0.1) is 0 Å². The van der Waals surface area contributed by atoms with Gasteiger partial charge in [0.25, 0.3) is 0 Å². The Bertz CT molecular complexity index is 513. The summed E-state index contributed by atoms with van der Waals surface area (Å²) in [6.07, 6.45) is 0. The Hall–Kier alpha value is -1.33. The third kappa shape index (κ3) is 3.08. The Balaban J connectivity index is 2.22. The van der Waals surface area contributed by atoms with Gasteiger partial charge in [0.15, 0.2) is 0 Å². The highest BCUT2D eigenvalue weighted by Crippen LogP contribution is 2.23. The fourth-order valence-corrected chi connectivity index (χ4v) is 2.59. The first-order chi connectivity index (χ1) is 8.16. The van der Waals surface area contributed by atoms with Crippen LogP contribution in [0.1, 0.15) is 11.6 Å². The number of halogens is 1. The third-order valence-electron chi connectivity index (χ3n) is 2.30. The first-order valence-corrected chi connectivity index (χ1v) is 6.74. The van der Waals surface area contributed by atoms with E-state index in [1.165, 1.54) is 0 Å². The number of amides is 1. The summed E-state index contributed by atoms with van der Waals surface area (Å²) >= 11 is 4.93. The zero-order chi connectivity index (χ0) is 12.3. The van der Waals surface area contributed by atoms with E-state index in [-0.39, 0.29) is 5.91 Å². The average Bonchev–Trinajstić information content (AvgIpc) is 2.78. The van der Waals surface area contributed by atoms with Crippen molar-refractivity contribution in [3.63, 3.8) is 0 Å². The van der Waals surface area contributed by atoms with Crippen molar-refractivity contribution in [2.24, 2.45) is 5.73 Å². The van der Waals surface area contributed by atoms with E-state index in [0.717, 1.165) is 15.7 Å². The minimum absolute atomic E-state index is 0.386. The highest BCUT2D eigenvalue weighted by Gasteiger charge is 2.17. The number of benzene rings is 1. The van der Waals surface area contributed by atoms with Crippen molar-refractivity contribution in [2.75, 3.05) is 5.32 Å². The standard InChI is InChI=1S/C12H11BrN2OS/c13-9-2-1-3-10(6-9)15-11(12(14)16)8-4-5-17-7-8/h1-7,11,15H,(H2,14,16). The van der Waals surface area contributed by atoms with Crippen molar-refractivity contribution in [2.45, 2.75) is 6.04 Å². The number of hydrogen-bond acceptors (Lipinski definition) is 3. The molecule has 0 radical (unpaired) electrons. The highest BCUT2D eigenvalue weighted by molar-refractivity contribution is 9.10.